The molecule has 0 bridgehead atoms. The van der Waals surface area contributed by atoms with E-state index in [9.17, 15) is 23.1 Å². The maximum Gasteiger partial charge on any atom is 0.326 e. The van der Waals surface area contributed by atoms with Gasteiger partial charge in [0.1, 0.15) is 6.04 Å². The van der Waals surface area contributed by atoms with Gasteiger partial charge in [0.05, 0.1) is 4.90 Å². The predicted molar refractivity (Wildman–Crippen MR) is 97.4 cm³/mol. The average molecular weight is 382 g/mol. The van der Waals surface area contributed by atoms with Gasteiger partial charge >= 0.3 is 5.97 Å². The first-order chi connectivity index (χ1) is 12.1. The molecule has 26 heavy (non-hydrogen) atoms. The van der Waals surface area contributed by atoms with Gasteiger partial charge in [-0.25, -0.2) is 17.9 Å². The fourth-order valence-electron chi connectivity index (χ4n) is 3.59. The molecule has 1 unspecified atom stereocenters. The van der Waals surface area contributed by atoms with Crippen LogP contribution in [0, 0.1) is 20.8 Å². The van der Waals surface area contributed by atoms with Crippen molar-refractivity contribution in [3.05, 3.63) is 28.8 Å². The molecule has 1 fully saturated rings. The van der Waals surface area contributed by atoms with Crippen molar-refractivity contribution in [2.75, 3.05) is 13.1 Å². The Morgan fingerprint density at radius 2 is 1.81 bits per heavy atom. The van der Waals surface area contributed by atoms with Gasteiger partial charge in [0.25, 0.3) is 0 Å². The van der Waals surface area contributed by atoms with Gasteiger partial charge in [0.2, 0.25) is 15.9 Å². The van der Waals surface area contributed by atoms with Crippen LogP contribution in [-0.2, 0) is 19.6 Å². The molecule has 2 N–H and O–H groups in total. The summed E-state index contributed by atoms with van der Waals surface area (Å²) in [5.74, 6) is -1.35. The van der Waals surface area contributed by atoms with Gasteiger partial charge in [-0.05, 0) is 51.2 Å². The lowest BCUT2D eigenvalue weighted by atomic mass is 10.0. The van der Waals surface area contributed by atoms with E-state index in [2.05, 4.69) is 4.72 Å². The number of aliphatic carboxylic acids is 1. The largest absolute Gasteiger partial charge is 0.480 e. The minimum Gasteiger partial charge on any atom is -0.480 e. The number of carbonyl (C=O) groups is 2. The number of hydrogen-bond donors (Lipinski definition) is 2. The summed E-state index contributed by atoms with van der Waals surface area (Å²) in [7, 11) is -3.73. The lowest BCUT2D eigenvalue weighted by molar-refractivity contribution is -0.152. The molecule has 0 spiro atoms. The zero-order valence-corrected chi connectivity index (χ0v) is 16.2. The zero-order chi connectivity index (χ0) is 19.5. The van der Waals surface area contributed by atoms with Gasteiger partial charge < -0.3 is 10.0 Å². The Balaban J connectivity index is 2.02. The summed E-state index contributed by atoms with van der Waals surface area (Å²) in [6, 6.07) is 2.80. The molecule has 0 aliphatic carbocycles. The molecule has 144 valence electrons. The molecule has 1 atom stereocenters. The third-order valence-corrected chi connectivity index (χ3v) is 6.38. The predicted octanol–water partition coefficient (Wildman–Crippen LogP) is 1.75. The molecule has 0 saturated carbocycles. The fraction of sp³-hybridized carbons (Fsp3) is 0.556. The number of carbonyl (C=O) groups excluding carboxylic acids is 1. The maximum atomic E-state index is 12.6. The van der Waals surface area contributed by atoms with E-state index >= 15 is 0 Å². The fourth-order valence-corrected chi connectivity index (χ4v) is 5.07. The number of sulfonamides is 1. The van der Waals surface area contributed by atoms with Crippen molar-refractivity contribution in [1.82, 2.24) is 9.62 Å². The highest BCUT2D eigenvalue weighted by molar-refractivity contribution is 7.89. The monoisotopic (exact) mass is 382 g/mol. The topological polar surface area (TPSA) is 104 Å². The standard InChI is InChI=1S/C18H26N2O5S/c1-12-10-13(2)17(14(3)11-12)26(24,25)19-8-7-16(21)20-9-5-4-6-15(20)18(22)23/h10-11,15,19H,4-9H2,1-3H3,(H,22,23). The van der Waals surface area contributed by atoms with Crippen molar-refractivity contribution in [1.29, 1.82) is 0 Å². The molecule has 1 heterocycles. The number of carboxylic acid groups (broad SMARTS) is 1. The third-order valence-electron chi connectivity index (χ3n) is 4.61. The van der Waals surface area contributed by atoms with E-state index in [-0.39, 0.29) is 23.8 Å². The summed E-state index contributed by atoms with van der Waals surface area (Å²) in [6.45, 7) is 5.73. The average Bonchev–Trinajstić information content (AvgIpc) is 2.53. The number of likely N-dealkylation sites (tertiary alicyclic amines) is 1. The van der Waals surface area contributed by atoms with Crippen molar-refractivity contribution in [2.24, 2.45) is 0 Å². The molecule has 1 amide bonds. The highest BCUT2D eigenvalue weighted by Crippen LogP contribution is 2.22. The third kappa shape index (κ3) is 4.62. The molecular formula is C18H26N2O5S. The minimum atomic E-state index is -3.73. The summed E-state index contributed by atoms with van der Waals surface area (Å²) < 4.78 is 27.6. The maximum absolute atomic E-state index is 12.6. The van der Waals surface area contributed by atoms with Gasteiger partial charge in [0.15, 0.2) is 0 Å². The minimum absolute atomic E-state index is 0.0588. The van der Waals surface area contributed by atoms with E-state index in [1.165, 1.54) is 4.90 Å². The second kappa shape index (κ2) is 8.18. The Labute approximate surface area is 154 Å². The summed E-state index contributed by atoms with van der Waals surface area (Å²) in [5, 5.41) is 9.24. The van der Waals surface area contributed by atoms with Crippen molar-refractivity contribution < 1.29 is 23.1 Å². The normalized spacial score (nSPS) is 18.0. The lowest BCUT2D eigenvalue weighted by Crippen LogP contribution is -2.48. The molecule has 1 aliphatic heterocycles. The molecule has 7 nitrogen and oxygen atoms in total. The number of piperidine rings is 1. The Bertz CT molecular complexity index is 781. The van der Waals surface area contributed by atoms with Crippen LogP contribution in [0.1, 0.15) is 42.4 Å². The number of carboxylic acids is 1. The summed E-state index contributed by atoms with van der Waals surface area (Å²) in [4.78, 5) is 25.2. The van der Waals surface area contributed by atoms with Crippen LogP contribution in [-0.4, -0.2) is 49.4 Å². The van der Waals surface area contributed by atoms with Crippen LogP contribution in [0.25, 0.3) is 0 Å². The van der Waals surface area contributed by atoms with E-state index in [0.717, 1.165) is 18.4 Å². The van der Waals surface area contributed by atoms with Crippen LogP contribution in [0.5, 0.6) is 0 Å². The first-order valence-corrected chi connectivity index (χ1v) is 10.2. The number of nitrogens with one attached hydrogen (secondary N) is 1. The van der Waals surface area contributed by atoms with Crippen LogP contribution >= 0.6 is 0 Å². The van der Waals surface area contributed by atoms with Crippen molar-refractivity contribution in [2.45, 2.75) is 57.4 Å². The molecular weight excluding hydrogens is 356 g/mol. The van der Waals surface area contributed by atoms with E-state index in [1.54, 1.807) is 26.0 Å². The van der Waals surface area contributed by atoms with E-state index in [1.807, 2.05) is 6.92 Å². The Kier molecular flexibility index (Phi) is 6.41. The van der Waals surface area contributed by atoms with Crippen LogP contribution in [0.2, 0.25) is 0 Å². The van der Waals surface area contributed by atoms with Crippen LogP contribution in [0.3, 0.4) is 0 Å². The van der Waals surface area contributed by atoms with Crippen LogP contribution in [0.15, 0.2) is 17.0 Å². The molecule has 0 radical (unpaired) electrons. The second-order valence-electron chi connectivity index (χ2n) is 6.81. The van der Waals surface area contributed by atoms with Crippen molar-refractivity contribution in [3.8, 4) is 0 Å². The zero-order valence-electron chi connectivity index (χ0n) is 15.4. The summed E-state index contributed by atoms with van der Waals surface area (Å²) in [5.41, 5.74) is 2.30. The van der Waals surface area contributed by atoms with Gasteiger partial charge in [-0.15, -0.1) is 0 Å². The summed E-state index contributed by atoms with van der Waals surface area (Å²) >= 11 is 0. The smallest absolute Gasteiger partial charge is 0.326 e. The van der Waals surface area contributed by atoms with Crippen molar-refractivity contribution >= 4 is 21.9 Å². The molecule has 8 heteroatoms. The highest BCUT2D eigenvalue weighted by Gasteiger charge is 2.31. The number of rotatable bonds is 6. The number of hydrogen-bond acceptors (Lipinski definition) is 4. The number of aryl methyl sites for hydroxylation is 3. The van der Waals surface area contributed by atoms with Crippen LogP contribution < -0.4 is 4.72 Å². The molecule has 1 aromatic rings. The Morgan fingerprint density at radius 3 is 2.38 bits per heavy atom. The van der Waals surface area contributed by atoms with Gasteiger partial charge in [-0.1, -0.05) is 17.7 Å². The molecule has 1 aliphatic rings. The first-order valence-electron chi connectivity index (χ1n) is 8.73. The first kappa shape index (κ1) is 20.4. The van der Waals surface area contributed by atoms with E-state index < -0.39 is 22.0 Å². The second-order valence-corrected chi connectivity index (χ2v) is 8.52. The van der Waals surface area contributed by atoms with Gasteiger partial charge in [-0.3, -0.25) is 4.79 Å². The van der Waals surface area contributed by atoms with E-state index in [0.29, 0.717) is 24.1 Å². The highest BCUT2D eigenvalue weighted by atomic mass is 32.2. The van der Waals surface area contributed by atoms with E-state index in [4.69, 9.17) is 0 Å². The Hall–Kier alpha value is -1.93. The van der Waals surface area contributed by atoms with Crippen LogP contribution in [0.4, 0.5) is 0 Å². The molecule has 1 saturated heterocycles. The Morgan fingerprint density at radius 1 is 1.19 bits per heavy atom. The summed E-state index contributed by atoms with van der Waals surface area (Å²) in [6.07, 6.45) is 1.92. The van der Waals surface area contributed by atoms with Crippen molar-refractivity contribution in [3.63, 3.8) is 0 Å². The quantitative estimate of drug-likeness (QED) is 0.780. The molecule has 2 rings (SSSR count). The molecule has 0 aromatic heterocycles. The van der Waals surface area contributed by atoms with Gasteiger partial charge in [-0.2, -0.15) is 0 Å². The number of benzene rings is 1. The lowest BCUT2D eigenvalue weighted by Gasteiger charge is -2.33. The number of amides is 1. The van der Waals surface area contributed by atoms with Gasteiger partial charge in [0, 0.05) is 19.5 Å². The number of nitrogens with zero attached hydrogens (tertiary/aromatic N) is 1. The molecule has 1 aromatic carbocycles. The SMILES string of the molecule is Cc1cc(C)c(S(=O)(=O)NCCC(=O)N2CCCCC2C(=O)O)c(C)c1.